The van der Waals surface area contributed by atoms with Crippen molar-refractivity contribution < 1.29 is 13.2 Å². The summed E-state index contributed by atoms with van der Waals surface area (Å²) in [7, 11) is -3.43. The van der Waals surface area contributed by atoms with Crippen molar-refractivity contribution in [1.82, 2.24) is 14.2 Å². The number of amides is 1. The van der Waals surface area contributed by atoms with E-state index in [-0.39, 0.29) is 5.91 Å². The van der Waals surface area contributed by atoms with E-state index in [1.165, 1.54) is 11.3 Å². The first kappa shape index (κ1) is 19.9. The van der Waals surface area contributed by atoms with Gasteiger partial charge in [-0.05, 0) is 54.1 Å². The normalized spacial score (nSPS) is 15.3. The smallest absolute Gasteiger partial charge is 0.263 e. The minimum absolute atomic E-state index is 0.145. The quantitative estimate of drug-likeness (QED) is 0.650. The molecule has 1 aliphatic rings. The number of carbonyl (C=O) groups is 1. The number of rotatable bonds is 6. The van der Waals surface area contributed by atoms with Gasteiger partial charge in [-0.25, -0.2) is 8.42 Å². The third kappa shape index (κ3) is 4.29. The van der Waals surface area contributed by atoms with Crippen LogP contribution in [0.4, 0.5) is 0 Å². The number of hydrogen-bond acceptors (Lipinski definition) is 4. The summed E-state index contributed by atoms with van der Waals surface area (Å²) in [6.45, 7) is 1.52. The molecule has 0 spiro atoms. The lowest BCUT2D eigenvalue weighted by atomic mass is 10.2. The predicted octanol–water partition coefficient (Wildman–Crippen LogP) is 3.64. The Morgan fingerprint density at radius 3 is 2.38 bits per heavy atom. The summed E-state index contributed by atoms with van der Waals surface area (Å²) in [5.41, 5.74) is 1.70. The number of piperidine rings is 1. The van der Waals surface area contributed by atoms with Crippen LogP contribution in [0.15, 0.2) is 65.1 Å². The number of thiophene rings is 1. The van der Waals surface area contributed by atoms with Crippen LogP contribution in [0.3, 0.4) is 0 Å². The minimum atomic E-state index is -3.43. The summed E-state index contributed by atoms with van der Waals surface area (Å²) in [5, 5.41) is 4.82. The summed E-state index contributed by atoms with van der Waals surface area (Å²) < 4.78 is 28.9. The first-order valence-corrected chi connectivity index (χ1v) is 12.0. The second kappa shape index (κ2) is 8.52. The highest BCUT2D eigenvalue weighted by molar-refractivity contribution is 7.89. The first-order valence-electron chi connectivity index (χ1n) is 9.64. The average molecular weight is 430 g/mol. The molecule has 2 aromatic heterocycles. The molecule has 3 heterocycles. The molecule has 0 aliphatic carbocycles. The van der Waals surface area contributed by atoms with E-state index in [9.17, 15) is 13.2 Å². The molecule has 0 radical (unpaired) electrons. The molecule has 0 saturated carbocycles. The summed E-state index contributed by atoms with van der Waals surface area (Å²) in [5.74, 6) is -0.145. The summed E-state index contributed by atoms with van der Waals surface area (Å²) >= 11 is 1.39. The fourth-order valence-electron chi connectivity index (χ4n) is 3.47. The third-order valence-electron chi connectivity index (χ3n) is 5.06. The molecule has 1 aliphatic heterocycles. The van der Waals surface area contributed by atoms with Crippen molar-refractivity contribution in [3.63, 3.8) is 0 Å². The van der Waals surface area contributed by atoms with E-state index in [0.717, 1.165) is 30.5 Å². The van der Waals surface area contributed by atoms with Gasteiger partial charge in [0.25, 0.3) is 5.91 Å². The zero-order valence-corrected chi connectivity index (χ0v) is 17.6. The molecule has 1 amide bonds. The minimum Gasteiger partial charge on any atom is -0.347 e. The lowest BCUT2D eigenvalue weighted by Crippen LogP contribution is -2.35. The van der Waals surface area contributed by atoms with Crippen LogP contribution in [0.25, 0.3) is 5.69 Å². The van der Waals surface area contributed by atoms with Crippen molar-refractivity contribution in [3.05, 3.63) is 70.7 Å². The van der Waals surface area contributed by atoms with Gasteiger partial charge in [-0.3, -0.25) is 4.79 Å². The van der Waals surface area contributed by atoms with Gasteiger partial charge in [0.2, 0.25) is 10.0 Å². The van der Waals surface area contributed by atoms with Crippen molar-refractivity contribution in [2.24, 2.45) is 0 Å². The van der Waals surface area contributed by atoms with Gasteiger partial charge in [0, 0.05) is 32.0 Å². The molecule has 1 saturated heterocycles. The van der Waals surface area contributed by atoms with Crippen molar-refractivity contribution >= 4 is 27.3 Å². The second-order valence-corrected chi connectivity index (χ2v) is 9.87. The molecule has 1 aromatic carbocycles. The number of carbonyl (C=O) groups excluding carboxylic acids is 1. The highest BCUT2D eigenvalue weighted by Crippen LogP contribution is 2.22. The maximum absolute atomic E-state index is 12.7. The summed E-state index contributed by atoms with van der Waals surface area (Å²) in [4.78, 5) is 13.6. The Balaban J connectivity index is 1.41. The Bertz CT molecular complexity index is 1060. The van der Waals surface area contributed by atoms with Gasteiger partial charge in [-0.1, -0.05) is 18.6 Å². The monoisotopic (exact) mass is 429 g/mol. The van der Waals surface area contributed by atoms with Gasteiger partial charge >= 0.3 is 0 Å². The number of hydrogen-bond donors (Lipinski definition) is 1. The van der Waals surface area contributed by atoms with Crippen LogP contribution < -0.4 is 5.32 Å². The molecule has 8 heteroatoms. The molecule has 4 rings (SSSR count). The molecule has 0 bridgehead atoms. The van der Waals surface area contributed by atoms with E-state index in [1.54, 1.807) is 28.6 Å². The van der Waals surface area contributed by atoms with Gasteiger partial charge in [0.15, 0.2) is 0 Å². The summed E-state index contributed by atoms with van der Waals surface area (Å²) in [6, 6.07) is 12.5. The molecule has 1 fully saturated rings. The SMILES string of the molecule is O=C(NCc1ccc(S(=O)(=O)N2CCCCC2)cc1)c1sccc1-n1cccc1. The van der Waals surface area contributed by atoms with E-state index in [4.69, 9.17) is 0 Å². The highest BCUT2D eigenvalue weighted by Gasteiger charge is 2.25. The van der Waals surface area contributed by atoms with E-state index in [0.29, 0.717) is 29.4 Å². The standard InChI is InChI=1S/C21H23N3O3S2/c25-21(20-19(10-15-28-20)23-11-4-5-12-23)22-16-17-6-8-18(9-7-17)29(26,27)24-13-2-1-3-14-24/h4-12,15H,1-3,13-14,16H2,(H,22,25). The molecule has 152 valence electrons. The second-order valence-electron chi connectivity index (χ2n) is 7.02. The van der Waals surface area contributed by atoms with E-state index >= 15 is 0 Å². The zero-order chi connectivity index (χ0) is 20.3. The molecule has 0 unspecified atom stereocenters. The maximum atomic E-state index is 12.7. The van der Waals surface area contributed by atoms with Crippen molar-refractivity contribution in [2.45, 2.75) is 30.7 Å². The lowest BCUT2D eigenvalue weighted by Gasteiger charge is -2.25. The Morgan fingerprint density at radius 2 is 1.69 bits per heavy atom. The Morgan fingerprint density at radius 1 is 1.00 bits per heavy atom. The number of aromatic nitrogens is 1. The van der Waals surface area contributed by atoms with Gasteiger partial charge in [0.1, 0.15) is 4.88 Å². The number of nitrogens with one attached hydrogen (secondary N) is 1. The fraction of sp³-hybridized carbons (Fsp3) is 0.286. The van der Waals surface area contributed by atoms with Crippen molar-refractivity contribution in [2.75, 3.05) is 13.1 Å². The zero-order valence-electron chi connectivity index (χ0n) is 16.0. The Labute approximate surface area is 174 Å². The van der Waals surface area contributed by atoms with Gasteiger partial charge in [0.05, 0.1) is 10.6 Å². The molecule has 0 atom stereocenters. The Hall–Kier alpha value is -2.42. The van der Waals surface area contributed by atoms with Crippen molar-refractivity contribution in [3.8, 4) is 5.69 Å². The highest BCUT2D eigenvalue weighted by atomic mass is 32.2. The van der Waals surface area contributed by atoms with Gasteiger partial charge in [-0.2, -0.15) is 4.31 Å². The molecular weight excluding hydrogens is 406 g/mol. The van der Waals surface area contributed by atoms with Crippen LogP contribution in [0.1, 0.15) is 34.5 Å². The van der Waals surface area contributed by atoms with Crippen LogP contribution in [-0.2, 0) is 16.6 Å². The molecule has 1 N–H and O–H groups in total. The predicted molar refractivity (Wildman–Crippen MR) is 114 cm³/mol. The molecule has 6 nitrogen and oxygen atoms in total. The molecule has 3 aromatic rings. The molecule has 29 heavy (non-hydrogen) atoms. The van der Waals surface area contributed by atoms with Gasteiger partial charge < -0.3 is 9.88 Å². The van der Waals surface area contributed by atoms with E-state index in [1.807, 2.05) is 40.5 Å². The summed E-state index contributed by atoms with van der Waals surface area (Å²) in [6.07, 6.45) is 6.72. The average Bonchev–Trinajstić information content (AvgIpc) is 3.44. The van der Waals surface area contributed by atoms with Crippen LogP contribution >= 0.6 is 11.3 Å². The van der Waals surface area contributed by atoms with Crippen LogP contribution in [-0.4, -0.2) is 36.3 Å². The van der Waals surface area contributed by atoms with Crippen molar-refractivity contribution in [1.29, 1.82) is 0 Å². The lowest BCUT2D eigenvalue weighted by molar-refractivity contribution is 0.0955. The number of nitrogens with zero attached hydrogens (tertiary/aromatic N) is 2. The molecular formula is C21H23N3O3S2. The largest absolute Gasteiger partial charge is 0.347 e. The van der Waals surface area contributed by atoms with Crippen LogP contribution in [0.2, 0.25) is 0 Å². The topological polar surface area (TPSA) is 71.4 Å². The Kier molecular flexibility index (Phi) is 5.84. The van der Waals surface area contributed by atoms with Crippen LogP contribution in [0, 0.1) is 0 Å². The maximum Gasteiger partial charge on any atom is 0.263 e. The fourth-order valence-corrected chi connectivity index (χ4v) is 5.79. The first-order chi connectivity index (χ1) is 14.1. The van der Waals surface area contributed by atoms with E-state index in [2.05, 4.69) is 5.32 Å². The third-order valence-corrected chi connectivity index (χ3v) is 7.88. The number of benzene rings is 1. The number of sulfonamides is 1. The van der Waals surface area contributed by atoms with Crippen LogP contribution in [0.5, 0.6) is 0 Å². The van der Waals surface area contributed by atoms with Gasteiger partial charge in [-0.15, -0.1) is 11.3 Å². The van der Waals surface area contributed by atoms with E-state index < -0.39 is 10.0 Å².